The van der Waals surface area contributed by atoms with Gasteiger partial charge in [-0.2, -0.15) is 0 Å². The smallest absolute Gasteiger partial charge is 0.330 e. The summed E-state index contributed by atoms with van der Waals surface area (Å²) in [7, 11) is 2.47. The number of aliphatic hydroxyl groups is 2. The Bertz CT molecular complexity index is 668. The van der Waals surface area contributed by atoms with Crippen LogP contribution in [0.4, 0.5) is 0 Å². The largest absolute Gasteiger partial charge is 0.469 e. The molecule has 128 valence electrons. The van der Waals surface area contributed by atoms with Gasteiger partial charge in [-0.1, -0.05) is 0 Å². The van der Waals surface area contributed by atoms with Gasteiger partial charge in [-0.15, -0.1) is 0 Å². The van der Waals surface area contributed by atoms with Crippen LogP contribution in [0.5, 0.6) is 0 Å². The average Bonchev–Trinajstić information content (AvgIpc) is 2.83. The molecule has 3 N–H and O–H groups in total. The molecule has 10 nitrogen and oxygen atoms in total. The fraction of sp³-hybridized carbons (Fsp3) is 0.615. The van der Waals surface area contributed by atoms with E-state index in [9.17, 15) is 24.6 Å². The van der Waals surface area contributed by atoms with E-state index in [0.29, 0.717) is 0 Å². The molecule has 5 atom stereocenters. The first-order chi connectivity index (χ1) is 10.9. The highest BCUT2D eigenvalue weighted by Crippen LogP contribution is 2.32. The number of methoxy groups -OCH3 is 2. The molecule has 0 aromatic carbocycles. The van der Waals surface area contributed by atoms with Gasteiger partial charge in [0.25, 0.3) is 5.56 Å². The maximum Gasteiger partial charge on any atom is 0.330 e. The molecule has 1 saturated heterocycles. The number of aromatic amines is 1. The Balaban J connectivity index is 2.26. The number of hydrogen-bond acceptors (Lipinski definition) is 8. The maximum atomic E-state index is 11.8. The van der Waals surface area contributed by atoms with Crippen molar-refractivity contribution in [1.82, 2.24) is 9.55 Å². The standard InChI is InChI=1S/C13H18N2O8/c1-21-8(18)5-6(16)10-9(19)11(22-2)12(23-10)15-4-3-7(17)14-13(15)20/h3-4,6,9-12,16,19H,5H2,1-2H3,(H,14,17,20)/t6-,9?,10+,11?,12+/m0/s1. The predicted molar refractivity (Wildman–Crippen MR) is 74.7 cm³/mol. The summed E-state index contributed by atoms with van der Waals surface area (Å²) in [5.41, 5.74) is -1.33. The van der Waals surface area contributed by atoms with Crippen molar-refractivity contribution in [2.45, 2.75) is 37.1 Å². The van der Waals surface area contributed by atoms with Gasteiger partial charge < -0.3 is 24.4 Å². The topological polar surface area (TPSA) is 140 Å². The minimum atomic E-state index is -1.35. The molecule has 1 fully saturated rings. The van der Waals surface area contributed by atoms with E-state index in [4.69, 9.17) is 9.47 Å². The molecule has 0 amide bonds. The first-order valence-corrected chi connectivity index (χ1v) is 6.81. The van der Waals surface area contributed by atoms with Gasteiger partial charge in [0.2, 0.25) is 0 Å². The molecule has 23 heavy (non-hydrogen) atoms. The fourth-order valence-corrected chi connectivity index (χ4v) is 2.47. The Morgan fingerprint density at radius 2 is 2.17 bits per heavy atom. The third kappa shape index (κ3) is 3.50. The molecule has 0 aliphatic carbocycles. The second-order valence-electron chi connectivity index (χ2n) is 5.05. The molecule has 0 radical (unpaired) electrons. The summed E-state index contributed by atoms with van der Waals surface area (Å²) in [5.74, 6) is -0.674. The number of H-pyrrole nitrogens is 1. The Kier molecular flexibility index (Phi) is 5.31. The lowest BCUT2D eigenvalue weighted by Crippen LogP contribution is -2.41. The van der Waals surface area contributed by atoms with Crippen molar-refractivity contribution in [3.63, 3.8) is 0 Å². The molecular formula is C13H18N2O8. The van der Waals surface area contributed by atoms with Crippen molar-refractivity contribution < 1.29 is 29.2 Å². The van der Waals surface area contributed by atoms with Gasteiger partial charge in [-0.3, -0.25) is 19.1 Å². The Morgan fingerprint density at radius 3 is 2.74 bits per heavy atom. The van der Waals surface area contributed by atoms with Gasteiger partial charge in [0, 0.05) is 19.4 Å². The van der Waals surface area contributed by atoms with E-state index in [1.54, 1.807) is 0 Å². The van der Waals surface area contributed by atoms with Gasteiger partial charge in [0.1, 0.15) is 18.3 Å². The van der Waals surface area contributed by atoms with Crippen molar-refractivity contribution in [3.05, 3.63) is 33.1 Å². The monoisotopic (exact) mass is 330 g/mol. The lowest BCUT2D eigenvalue weighted by Gasteiger charge is -2.20. The minimum Gasteiger partial charge on any atom is -0.469 e. The Labute approximate surface area is 130 Å². The predicted octanol–water partition coefficient (Wildman–Crippen LogP) is -2.27. The van der Waals surface area contributed by atoms with Crippen molar-refractivity contribution in [2.75, 3.05) is 14.2 Å². The van der Waals surface area contributed by atoms with Crippen LogP contribution >= 0.6 is 0 Å². The van der Waals surface area contributed by atoms with Crippen LogP contribution in [0.15, 0.2) is 21.9 Å². The van der Waals surface area contributed by atoms with E-state index in [-0.39, 0.29) is 6.42 Å². The number of aliphatic hydroxyl groups excluding tert-OH is 2. The van der Waals surface area contributed by atoms with Crippen molar-refractivity contribution in [2.24, 2.45) is 0 Å². The summed E-state index contributed by atoms with van der Waals surface area (Å²) in [4.78, 5) is 36.3. The quantitative estimate of drug-likeness (QED) is 0.514. The molecule has 10 heteroatoms. The zero-order chi connectivity index (χ0) is 17.1. The third-order valence-corrected chi connectivity index (χ3v) is 3.63. The van der Waals surface area contributed by atoms with E-state index < -0.39 is 47.9 Å². The third-order valence-electron chi connectivity index (χ3n) is 3.63. The van der Waals surface area contributed by atoms with E-state index in [1.807, 2.05) is 0 Å². The highest BCUT2D eigenvalue weighted by molar-refractivity contribution is 5.69. The molecule has 1 aromatic rings. The second kappa shape index (κ2) is 7.04. The number of aromatic nitrogens is 2. The highest BCUT2D eigenvalue weighted by Gasteiger charge is 2.48. The maximum absolute atomic E-state index is 11.8. The zero-order valence-electron chi connectivity index (χ0n) is 12.5. The molecular weight excluding hydrogens is 312 g/mol. The molecule has 0 saturated carbocycles. The second-order valence-corrected chi connectivity index (χ2v) is 5.05. The first kappa shape index (κ1) is 17.3. The van der Waals surface area contributed by atoms with Crippen LogP contribution in [0.25, 0.3) is 0 Å². The summed E-state index contributed by atoms with van der Waals surface area (Å²) in [6.45, 7) is 0. The number of esters is 1. The van der Waals surface area contributed by atoms with Crippen LogP contribution in [0, 0.1) is 0 Å². The van der Waals surface area contributed by atoms with Crippen LogP contribution in [-0.4, -0.2) is 64.4 Å². The number of carbonyl (C=O) groups is 1. The highest BCUT2D eigenvalue weighted by atomic mass is 16.6. The van der Waals surface area contributed by atoms with E-state index in [0.717, 1.165) is 10.6 Å². The lowest BCUT2D eigenvalue weighted by atomic mass is 10.0. The number of nitrogens with zero attached hydrogens (tertiary/aromatic N) is 1. The van der Waals surface area contributed by atoms with E-state index in [1.165, 1.54) is 20.4 Å². The van der Waals surface area contributed by atoms with Crippen LogP contribution in [0.3, 0.4) is 0 Å². The first-order valence-electron chi connectivity index (χ1n) is 6.81. The van der Waals surface area contributed by atoms with Gasteiger partial charge in [0.15, 0.2) is 6.23 Å². The fourth-order valence-electron chi connectivity index (χ4n) is 2.47. The number of carbonyl (C=O) groups excluding carboxylic acids is 1. The zero-order valence-corrected chi connectivity index (χ0v) is 12.5. The SMILES string of the molecule is COC(=O)C[C@H](O)[C@H]1O[C@@H](n2ccc(=O)[nH]c2=O)C(OC)C1O. The van der Waals surface area contributed by atoms with Gasteiger partial charge in [-0.25, -0.2) is 4.79 Å². The van der Waals surface area contributed by atoms with Crippen LogP contribution in [0.1, 0.15) is 12.6 Å². The molecule has 0 bridgehead atoms. The number of rotatable bonds is 5. The summed E-state index contributed by atoms with van der Waals surface area (Å²) < 4.78 is 16.1. The van der Waals surface area contributed by atoms with Crippen LogP contribution < -0.4 is 11.2 Å². The van der Waals surface area contributed by atoms with E-state index in [2.05, 4.69) is 9.72 Å². The van der Waals surface area contributed by atoms with Crippen LogP contribution in [-0.2, 0) is 19.0 Å². The number of nitrogens with one attached hydrogen (secondary N) is 1. The molecule has 2 rings (SSSR count). The molecule has 1 aliphatic rings. The van der Waals surface area contributed by atoms with Gasteiger partial charge >= 0.3 is 11.7 Å². The van der Waals surface area contributed by atoms with Crippen molar-refractivity contribution >= 4 is 5.97 Å². The minimum absolute atomic E-state index is 0.387. The molecule has 2 unspecified atom stereocenters. The molecule has 1 aliphatic heterocycles. The van der Waals surface area contributed by atoms with E-state index >= 15 is 0 Å². The Hall–Kier alpha value is -2.01. The lowest BCUT2D eigenvalue weighted by molar-refractivity contribution is -0.147. The Morgan fingerprint density at radius 1 is 1.48 bits per heavy atom. The normalized spacial score (nSPS) is 28.5. The molecule has 0 spiro atoms. The van der Waals surface area contributed by atoms with Crippen molar-refractivity contribution in [1.29, 1.82) is 0 Å². The summed E-state index contributed by atoms with van der Waals surface area (Å²) in [6, 6.07) is 1.11. The summed E-state index contributed by atoms with van der Waals surface area (Å²) in [6.07, 6.45) is -5.04. The van der Waals surface area contributed by atoms with Gasteiger partial charge in [-0.05, 0) is 0 Å². The van der Waals surface area contributed by atoms with Crippen LogP contribution in [0.2, 0.25) is 0 Å². The summed E-state index contributed by atoms with van der Waals surface area (Å²) in [5, 5.41) is 20.3. The van der Waals surface area contributed by atoms with Gasteiger partial charge in [0.05, 0.1) is 19.6 Å². The molecule has 2 heterocycles. The average molecular weight is 330 g/mol. The summed E-state index contributed by atoms with van der Waals surface area (Å²) >= 11 is 0. The number of hydrogen-bond donors (Lipinski definition) is 3. The number of ether oxygens (including phenoxy) is 3. The molecule has 1 aromatic heterocycles. The van der Waals surface area contributed by atoms with Crippen molar-refractivity contribution in [3.8, 4) is 0 Å².